The second-order valence-corrected chi connectivity index (χ2v) is 11.7. The van der Waals surface area contributed by atoms with Gasteiger partial charge in [-0.05, 0) is 76.9 Å². The molecule has 5 rings (SSSR count). The molecule has 1 aromatic rings. The predicted octanol–water partition coefficient (Wildman–Crippen LogP) is 4.08. The van der Waals surface area contributed by atoms with E-state index in [-0.39, 0.29) is 11.9 Å². The molecular formula is C29H49N7O. The van der Waals surface area contributed by atoms with Gasteiger partial charge in [-0.25, -0.2) is 4.98 Å². The molecule has 3 atom stereocenters. The zero-order valence-corrected chi connectivity index (χ0v) is 22.8. The molecular weight excluding hydrogens is 462 g/mol. The minimum absolute atomic E-state index is 0.0152. The number of carbonyl (C=O) groups is 1. The van der Waals surface area contributed by atoms with Crippen LogP contribution < -0.4 is 20.9 Å². The summed E-state index contributed by atoms with van der Waals surface area (Å²) >= 11 is 0. The van der Waals surface area contributed by atoms with E-state index in [1.54, 1.807) is 0 Å². The van der Waals surface area contributed by atoms with Crippen molar-refractivity contribution in [3.05, 3.63) is 12.3 Å². The first-order chi connectivity index (χ1) is 18.3. The number of nitrogens with zero attached hydrogens (tertiary/aromatic N) is 4. The zero-order valence-electron chi connectivity index (χ0n) is 22.8. The van der Waals surface area contributed by atoms with E-state index in [2.05, 4.69) is 36.8 Å². The second-order valence-electron chi connectivity index (χ2n) is 11.7. The summed E-state index contributed by atoms with van der Waals surface area (Å²) in [5.41, 5.74) is 0. The first kappa shape index (κ1) is 26.7. The first-order valence-electron chi connectivity index (χ1n) is 15.4. The van der Waals surface area contributed by atoms with Crippen LogP contribution in [-0.2, 0) is 4.79 Å². The van der Waals surface area contributed by atoms with Crippen molar-refractivity contribution in [2.75, 3.05) is 42.9 Å². The molecule has 0 radical (unpaired) electrons. The van der Waals surface area contributed by atoms with Gasteiger partial charge in [0.15, 0.2) is 0 Å². The van der Waals surface area contributed by atoms with Gasteiger partial charge >= 0.3 is 0 Å². The Kier molecular flexibility index (Phi) is 9.91. The number of carbonyl (C=O) groups excluding carboxylic acids is 1. The van der Waals surface area contributed by atoms with Gasteiger partial charge in [-0.3, -0.25) is 9.69 Å². The highest BCUT2D eigenvalue weighted by molar-refractivity contribution is 5.81. The third kappa shape index (κ3) is 7.34. The van der Waals surface area contributed by atoms with Crippen LogP contribution in [0.2, 0.25) is 0 Å². The molecule has 1 saturated carbocycles. The fraction of sp³-hybridized carbons (Fsp3) is 0.828. The Labute approximate surface area is 223 Å². The number of aromatic nitrogens is 2. The summed E-state index contributed by atoms with van der Waals surface area (Å²) in [6.45, 7) is 5.04. The normalized spacial score (nSPS) is 28.4. The number of hydrogen-bond donors (Lipinski definition) is 3. The molecule has 0 bridgehead atoms. The van der Waals surface area contributed by atoms with Crippen LogP contribution in [0, 0.1) is 0 Å². The Morgan fingerprint density at radius 2 is 1.70 bits per heavy atom. The standard InChI is InChI=1S/C29H49N7O/c37-28(25-13-6-7-17-30-25)31-18-15-26-24(14-10-22-36(26)23-11-4-3-5-12-23)33-29-32-19-16-27(34-29)35-20-8-1-2-9-21-35/h16,19,23-26,30H,1-15,17-18,20-22H2,(H,31,37)(H,32,33,34)/t24?,25-,26?/m0/s1. The summed E-state index contributed by atoms with van der Waals surface area (Å²) < 4.78 is 0. The zero-order chi connectivity index (χ0) is 25.3. The number of amides is 1. The molecule has 3 saturated heterocycles. The van der Waals surface area contributed by atoms with Crippen LogP contribution in [0.4, 0.5) is 11.8 Å². The lowest BCUT2D eigenvalue weighted by Gasteiger charge is -2.47. The van der Waals surface area contributed by atoms with Crippen molar-refractivity contribution in [3.63, 3.8) is 0 Å². The van der Waals surface area contributed by atoms with Crippen LogP contribution in [0.25, 0.3) is 0 Å². The highest BCUT2D eigenvalue weighted by atomic mass is 16.2. The maximum Gasteiger partial charge on any atom is 0.237 e. The Bertz CT molecular complexity index is 831. The van der Waals surface area contributed by atoms with Crippen molar-refractivity contribution in [1.82, 2.24) is 25.5 Å². The average Bonchev–Trinajstić information content (AvgIpc) is 3.25. The van der Waals surface area contributed by atoms with E-state index in [1.807, 2.05) is 6.20 Å². The van der Waals surface area contributed by atoms with Crippen molar-refractivity contribution in [3.8, 4) is 0 Å². The molecule has 3 N–H and O–H groups in total. The number of piperidine rings is 2. The Morgan fingerprint density at radius 3 is 2.49 bits per heavy atom. The van der Waals surface area contributed by atoms with Gasteiger partial charge in [0.25, 0.3) is 0 Å². The fourth-order valence-electron chi connectivity index (χ4n) is 7.09. The van der Waals surface area contributed by atoms with Crippen LogP contribution in [0.3, 0.4) is 0 Å². The minimum Gasteiger partial charge on any atom is -0.356 e. The lowest BCUT2D eigenvalue weighted by molar-refractivity contribution is -0.123. The maximum absolute atomic E-state index is 12.8. The molecule has 0 aromatic carbocycles. The van der Waals surface area contributed by atoms with E-state index < -0.39 is 0 Å². The minimum atomic E-state index is -0.0152. The monoisotopic (exact) mass is 511 g/mol. The van der Waals surface area contributed by atoms with E-state index in [9.17, 15) is 4.79 Å². The summed E-state index contributed by atoms with van der Waals surface area (Å²) in [6.07, 6.45) is 20.3. The van der Waals surface area contributed by atoms with Crippen LogP contribution >= 0.6 is 0 Å². The second kappa shape index (κ2) is 13.7. The summed E-state index contributed by atoms with van der Waals surface area (Å²) in [5, 5.41) is 10.4. The number of anilines is 2. The molecule has 37 heavy (non-hydrogen) atoms. The Balaban J connectivity index is 1.25. The predicted molar refractivity (Wildman–Crippen MR) is 150 cm³/mol. The van der Waals surface area contributed by atoms with E-state index in [4.69, 9.17) is 4.98 Å². The molecule has 4 heterocycles. The van der Waals surface area contributed by atoms with Gasteiger partial charge < -0.3 is 20.9 Å². The van der Waals surface area contributed by atoms with Gasteiger partial charge in [0.1, 0.15) is 5.82 Å². The molecule has 4 aliphatic rings. The number of rotatable bonds is 8. The van der Waals surface area contributed by atoms with Crippen LogP contribution in [0.5, 0.6) is 0 Å². The SMILES string of the molecule is O=C(NCCC1C(Nc2nccc(N3CCCCCC3)n2)CCCN1C1CCCCC1)[C@@H]1CCCCN1. The number of nitrogens with one attached hydrogen (secondary N) is 3. The molecule has 8 nitrogen and oxygen atoms in total. The van der Waals surface area contributed by atoms with Gasteiger partial charge in [0, 0.05) is 44.0 Å². The van der Waals surface area contributed by atoms with Crippen molar-refractivity contribution in [1.29, 1.82) is 0 Å². The van der Waals surface area contributed by atoms with Gasteiger partial charge in [-0.1, -0.05) is 38.5 Å². The molecule has 0 spiro atoms. The molecule has 206 valence electrons. The molecule has 2 unspecified atom stereocenters. The fourth-order valence-corrected chi connectivity index (χ4v) is 7.09. The molecule has 3 aliphatic heterocycles. The smallest absolute Gasteiger partial charge is 0.237 e. The topological polar surface area (TPSA) is 85.4 Å². The summed E-state index contributed by atoms with van der Waals surface area (Å²) in [6, 6.07) is 3.42. The third-order valence-corrected chi connectivity index (χ3v) is 9.12. The van der Waals surface area contributed by atoms with Crippen molar-refractivity contribution < 1.29 is 4.79 Å². The average molecular weight is 512 g/mol. The summed E-state index contributed by atoms with van der Waals surface area (Å²) in [5.74, 6) is 2.00. The van der Waals surface area contributed by atoms with Crippen LogP contribution in [0.1, 0.15) is 96.3 Å². The molecule has 1 amide bonds. The maximum atomic E-state index is 12.8. The largest absolute Gasteiger partial charge is 0.356 e. The van der Waals surface area contributed by atoms with E-state index in [0.29, 0.717) is 18.1 Å². The van der Waals surface area contributed by atoms with Crippen LogP contribution in [0.15, 0.2) is 12.3 Å². The van der Waals surface area contributed by atoms with Crippen molar-refractivity contribution >= 4 is 17.7 Å². The Hall–Kier alpha value is -1.93. The molecule has 1 aliphatic carbocycles. The Morgan fingerprint density at radius 1 is 0.919 bits per heavy atom. The van der Waals surface area contributed by atoms with Crippen LogP contribution in [-0.4, -0.2) is 77.7 Å². The lowest BCUT2D eigenvalue weighted by Crippen LogP contribution is -2.56. The highest BCUT2D eigenvalue weighted by Gasteiger charge is 2.36. The summed E-state index contributed by atoms with van der Waals surface area (Å²) in [7, 11) is 0. The van der Waals surface area contributed by atoms with E-state index in [0.717, 1.165) is 63.6 Å². The van der Waals surface area contributed by atoms with Gasteiger partial charge in [0.05, 0.1) is 6.04 Å². The van der Waals surface area contributed by atoms with Gasteiger partial charge in [0.2, 0.25) is 11.9 Å². The van der Waals surface area contributed by atoms with E-state index in [1.165, 1.54) is 77.2 Å². The van der Waals surface area contributed by atoms with Crippen molar-refractivity contribution in [2.45, 2.75) is 120 Å². The van der Waals surface area contributed by atoms with Crippen molar-refractivity contribution in [2.24, 2.45) is 0 Å². The number of likely N-dealkylation sites (tertiary alicyclic amines) is 1. The lowest BCUT2D eigenvalue weighted by atomic mass is 9.87. The highest BCUT2D eigenvalue weighted by Crippen LogP contribution is 2.31. The van der Waals surface area contributed by atoms with Gasteiger partial charge in [-0.15, -0.1) is 0 Å². The molecule has 1 aromatic heterocycles. The first-order valence-corrected chi connectivity index (χ1v) is 15.4. The van der Waals surface area contributed by atoms with Gasteiger partial charge in [-0.2, -0.15) is 4.98 Å². The quantitative estimate of drug-likeness (QED) is 0.485. The summed E-state index contributed by atoms with van der Waals surface area (Å²) in [4.78, 5) is 27.6. The number of hydrogen-bond acceptors (Lipinski definition) is 7. The van der Waals surface area contributed by atoms with E-state index >= 15 is 0 Å². The third-order valence-electron chi connectivity index (χ3n) is 9.12. The molecule has 8 heteroatoms. The molecule has 4 fully saturated rings.